The van der Waals surface area contributed by atoms with Crippen LogP contribution in [0.25, 0.3) is 0 Å². The van der Waals surface area contributed by atoms with Crippen molar-refractivity contribution in [2.24, 2.45) is 0 Å². The normalized spacial score (nSPS) is 46.0. The zero-order valence-corrected chi connectivity index (χ0v) is 21.7. The molecule has 0 aromatic heterocycles. The Labute approximate surface area is 228 Å². The Hall–Kier alpha value is -1.62. The van der Waals surface area contributed by atoms with E-state index in [-0.39, 0.29) is 0 Å². The van der Waals surface area contributed by atoms with E-state index in [9.17, 15) is 55.5 Å². The second-order valence-electron chi connectivity index (χ2n) is 9.81. The Bertz CT molecular complexity index is 854. The van der Waals surface area contributed by atoms with Crippen molar-refractivity contribution in [3.8, 4) is 0 Å². The highest BCUT2D eigenvalue weighted by atomic mass is 16.7. The first-order valence-electron chi connectivity index (χ1n) is 12.6. The van der Waals surface area contributed by atoms with Gasteiger partial charge in [0.1, 0.15) is 73.1 Å². The second-order valence-corrected chi connectivity index (χ2v) is 9.81. The highest BCUT2D eigenvalue weighted by Crippen LogP contribution is 2.32. The summed E-state index contributed by atoms with van der Waals surface area (Å²) in [5.41, 5.74) is 0. The van der Waals surface area contributed by atoms with Crippen LogP contribution in [-0.4, -0.2) is 170 Å². The minimum atomic E-state index is -1.94. The fourth-order valence-corrected chi connectivity index (χ4v) is 4.86. The molecule has 0 aromatic carbocycles. The van der Waals surface area contributed by atoms with E-state index in [1.165, 1.54) is 0 Å². The molecule has 0 aliphatic carbocycles. The topological polar surface area (TPSA) is 286 Å². The van der Waals surface area contributed by atoms with Gasteiger partial charge in [-0.05, 0) is 0 Å². The van der Waals surface area contributed by atoms with Crippen LogP contribution in [-0.2, 0) is 33.3 Å². The Kier molecular flexibility index (Phi) is 11.5. The average molecular weight is 587 g/mol. The SMILES string of the molecule is CC(=O)N[C@@H]1[C@@H](O[C@H]2O[C@H](CO)[C@H](O)[C@H](O[C@@H]3O[C@H](CO)[C@@H](O)[C@H](O)[C@H]3NC(C)=O)[C@H]2O)[C@H](O)[C@@H](CO)O[C@@H]1O. The number of amides is 2. The predicted octanol–water partition coefficient (Wildman–Crippen LogP) is -7.29. The lowest BCUT2D eigenvalue weighted by Crippen LogP contribution is -2.69. The van der Waals surface area contributed by atoms with E-state index in [2.05, 4.69) is 10.6 Å². The monoisotopic (exact) mass is 586 g/mol. The standard InChI is InChI=1S/C22H38N2O16/c1-6(28)23-11-16(33)13(30)8(3-25)37-21(11)40-19-15(32)10(5-27)38-22(17(19)34)39-18-12(24-7(2)29)20(35)36-9(4-26)14(18)31/h8-22,25-27,30-35H,3-5H2,1-2H3,(H,23,28)(H,24,29)/t8-,9-,10-,11-,12-,13-,14-,15+,16-,17-,18-,19+,20+,21+,22-/m1/s1. The number of rotatable bonds is 9. The number of carbonyl (C=O) groups excluding carboxylic acids is 2. The van der Waals surface area contributed by atoms with Crippen molar-refractivity contribution in [1.82, 2.24) is 10.6 Å². The molecular formula is C22H38N2O16. The first-order valence-corrected chi connectivity index (χ1v) is 12.6. The van der Waals surface area contributed by atoms with Gasteiger partial charge in [0.15, 0.2) is 18.9 Å². The van der Waals surface area contributed by atoms with Crippen LogP contribution < -0.4 is 10.6 Å². The number of aliphatic hydroxyl groups is 9. The fraction of sp³-hybridized carbons (Fsp3) is 0.909. The van der Waals surface area contributed by atoms with Crippen LogP contribution >= 0.6 is 0 Å². The average Bonchev–Trinajstić information content (AvgIpc) is 2.90. The number of nitrogens with one attached hydrogen (secondary N) is 2. The summed E-state index contributed by atoms with van der Waals surface area (Å²) in [5, 5.41) is 97.2. The molecule has 0 aromatic rings. The molecule has 0 spiro atoms. The highest BCUT2D eigenvalue weighted by molar-refractivity contribution is 5.73. The predicted molar refractivity (Wildman–Crippen MR) is 124 cm³/mol. The lowest BCUT2D eigenvalue weighted by molar-refractivity contribution is -0.365. The van der Waals surface area contributed by atoms with E-state index in [4.69, 9.17) is 23.7 Å². The number of hydrogen-bond acceptors (Lipinski definition) is 16. The van der Waals surface area contributed by atoms with Crippen molar-refractivity contribution in [2.75, 3.05) is 19.8 Å². The third kappa shape index (κ3) is 7.05. The molecule has 0 unspecified atom stereocenters. The molecule has 0 bridgehead atoms. The van der Waals surface area contributed by atoms with Gasteiger partial charge >= 0.3 is 0 Å². The molecule has 3 rings (SSSR count). The van der Waals surface area contributed by atoms with E-state index in [0.717, 1.165) is 13.8 Å². The summed E-state index contributed by atoms with van der Waals surface area (Å²) < 4.78 is 27.5. The lowest BCUT2D eigenvalue weighted by Gasteiger charge is -2.49. The van der Waals surface area contributed by atoms with Crippen LogP contribution in [0.15, 0.2) is 0 Å². The van der Waals surface area contributed by atoms with Gasteiger partial charge in [0.25, 0.3) is 0 Å². The van der Waals surface area contributed by atoms with E-state index >= 15 is 0 Å². The van der Waals surface area contributed by atoms with Crippen molar-refractivity contribution in [3.63, 3.8) is 0 Å². The molecule has 18 heteroatoms. The summed E-state index contributed by atoms with van der Waals surface area (Å²) in [7, 11) is 0. The van der Waals surface area contributed by atoms with Crippen LogP contribution in [0.1, 0.15) is 13.8 Å². The Morgan fingerprint density at radius 3 is 1.60 bits per heavy atom. The minimum absolute atomic E-state index is 0.650. The molecule has 0 saturated carbocycles. The number of aliphatic hydroxyl groups excluding tert-OH is 9. The highest BCUT2D eigenvalue weighted by Gasteiger charge is 2.54. The van der Waals surface area contributed by atoms with Crippen molar-refractivity contribution in [1.29, 1.82) is 0 Å². The summed E-state index contributed by atoms with van der Waals surface area (Å²) >= 11 is 0. The molecule has 15 atom stereocenters. The maximum absolute atomic E-state index is 11.7. The van der Waals surface area contributed by atoms with Crippen LogP contribution in [0.3, 0.4) is 0 Å². The number of hydrogen-bond donors (Lipinski definition) is 11. The summed E-state index contributed by atoms with van der Waals surface area (Å²) in [6.07, 6.45) is -21.5. The first kappa shape index (κ1) is 32.9. The zero-order valence-electron chi connectivity index (χ0n) is 21.7. The van der Waals surface area contributed by atoms with Gasteiger partial charge in [-0.3, -0.25) is 9.59 Å². The number of carbonyl (C=O) groups is 2. The van der Waals surface area contributed by atoms with Crippen LogP contribution in [0.5, 0.6) is 0 Å². The summed E-state index contributed by atoms with van der Waals surface area (Å²) in [6, 6.07) is -2.86. The summed E-state index contributed by atoms with van der Waals surface area (Å²) in [5.74, 6) is -1.31. The molecule has 11 N–H and O–H groups in total. The van der Waals surface area contributed by atoms with Gasteiger partial charge in [-0.2, -0.15) is 0 Å². The van der Waals surface area contributed by atoms with Crippen molar-refractivity contribution in [3.05, 3.63) is 0 Å². The molecule has 2 amide bonds. The molecule has 40 heavy (non-hydrogen) atoms. The van der Waals surface area contributed by atoms with Crippen LogP contribution in [0, 0.1) is 0 Å². The van der Waals surface area contributed by atoms with E-state index < -0.39 is 124 Å². The first-order chi connectivity index (χ1) is 18.8. The van der Waals surface area contributed by atoms with Crippen molar-refractivity contribution < 1.29 is 79.2 Å². The Morgan fingerprint density at radius 1 is 0.600 bits per heavy atom. The molecule has 3 fully saturated rings. The van der Waals surface area contributed by atoms with Gasteiger partial charge in [0, 0.05) is 13.8 Å². The van der Waals surface area contributed by atoms with Gasteiger partial charge in [0.05, 0.1) is 19.8 Å². The Morgan fingerprint density at radius 2 is 1.05 bits per heavy atom. The minimum Gasteiger partial charge on any atom is -0.394 e. The molecule has 18 nitrogen and oxygen atoms in total. The summed E-state index contributed by atoms with van der Waals surface area (Å²) in [4.78, 5) is 23.4. The van der Waals surface area contributed by atoms with Crippen molar-refractivity contribution >= 4 is 11.8 Å². The van der Waals surface area contributed by atoms with E-state index in [1.807, 2.05) is 0 Å². The van der Waals surface area contributed by atoms with Gasteiger partial charge < -0.3 is 80.3 Å². The van der Waals surface area contributed by atoms with Gasteiger partial charge in [0.2, 0.25) is 11.8 Å². The summed E-state index contributed by atoms with van der Waals surface area (Å²) in [6.45, 7) is -0.135. The van der Waals surface area contributed by atoms with Crippen LogP contribution in [0.2, 0.25) is 0 Å². The van der Waals surface area contributed by atoms with E-state index in [0.29, 0.717) is 0 Å². The van der Waals surface area contributed by atoms with Crippen LogP contribution in [0.4, 0.5) is 0 Å². The molecule has 3 heterocycles. The quantitative estimate of drug-likeness (QED) is 0.120. The van der Waals surface area contributed by atoms with E-state index in [1.54, 1.807) is 0 Å². The van der Waals surface area contributed by atoms with Crippen molar-refractivity contribution in [2.45, 2.75) is 106 Å². The maximum Gasteiger partial charge on any atom is 0.217 e. The van der Waals surface area contributed by atoms with Gasteiger partial charge in [-0.15, -0.1) is 0 Å². The fourth-order valence-electron chi connectivity index (χ4n) is 4.86. The smallest absolute Gasteiger partial charge is 0.217 e. The lowest BCUT2D eigenvalue weighted by atomic mass is 9.94. The number of ether oxygens (including phenoxy) is 5. The molecule has 232 valence electrons. The Balaban J connectivity index is 1.88. The molecule has 0 radical (unpaired) electrons. The third-order valence-electron chi connectivity index (χ3n) is 6.90. The van der Waals surface area contributed by atoms with Gasteiger partial charge in [-0.25, -0.2) is 0 Å². The molecule has 3 aliphatic heterocycles. The maximum atomic E-state index is 11.7. The molecule has 3 aliphatic rings. The molecular weight excluding hydrogens is 548 g/mol. The molecule has 3 saturated heterocycles. The largest absolute Gasteiger partial charge is 0.394 e. The zero-order chi connectivity index (χ0) is 29.9. The van der Waals surface area contributed by atoms with Gasteiger partial charge in [-0.1, -0.05) is 0 Å². The third-order valence-corrected chi connectivity index (χ3v) is 6.90. The second kappa shape index (κ2) is 14.0.